The third-order valence-electron chi connectivity index (χ3n) is 5.52. The molecule has 4 rings (SSSR count). The minimum atomic E-state index is -3.32. The van der Waals surface area contributed by atoms with Crippen molar-refractivity contribution >= 4 is 20.8 Å². The lowest BCUT2D eigenvalue weighted by Gasteiger charge is -2.23. The Morgan fingerprint density at radius 2 is 1.93 bits per heavy atom. The van der Waals surface area contributed by atoms with Crippen LogP contribution in [0.1, 0.15) is 6.04 Å². The van der Waals surface area contributed by atoms with E-state index in [1.807, 2.05) is 42.6 Å². The van der Waals surface area contributed by atoms with E-state index >= 15 is 0 Å². The van der Waals surface area contributed by atoms with Crippen LogP contribution in [0.3, 0.4) is 0 Å². The normalized spacial score (nSPS) is 19.9. The summed E-state index contributed by atoms with van der Waals surface area (Å²) in [7, 11) is 1.46. The zero-order valence-electron chi connectivity index (χ0n) is 16.8. The maximum atomic E-state index is 12.4. The molecule has 1 aliphatic heterocycles. The average molecular weight is 416 g/mol. The summed E-state index contributed by atoms with van der Waals surface area (Å²) in [5.41, 5.74) is 0.979. The molecular formula is C21H25N3O4S. The van der Waals surface area contributed by atoms with E-state index in [2.05, 4.69) is 9.55 Å². The van der Waals surface area contributed by atoms with Crippen LogP contribution in [0.2, 0.25) is 0 Å². The Balaban J connectivity index is 1.76. The minimum absolute atomic E-state index is 0.0473. The number of benzene rings is 2. The van der Waals surface area contributed by atoms with Crippen molar-refractivity contribution in [2.45, 2.75) is 6.04 Å². The number of imidazole rings is 1. The maximum absolute atomic E-state index is 12.4. The molecular weight excluding hydrogens is 390 g/mol. The van der Waals surface area contributed by atoms with E-state index in [1.165, 1.54) is 4.31 Å². The van der Waals surface area contributed by atoms with Crippen LogP contribution in [0.15, 0.2) is 48.8 Å². The highest BCUT2D eigenvalue weighted by Crippen LogP contribution is 2.37. The summed E-state index contributed by atoms with van der Waals surface area (Å²) in [4.78, 5) is 4.61. The van der Waals surface area contributed by atoms with Crippen LogP contribution in [-0.4, -0.2) is 62.4 Å². The van der Waals surface area contributed by atoms with Crippen molar-refractivity contribution in [1.82, 2.24) is 13.9 Å². The van der Waals surface area contributed by atoms with Crippen molar-refractivity contribution in [1.29, 1.82) is 0 Å². The Bertz CT molecular complexity index is 1120. The van der Waals surface area contributed by atoms with Gasteiger partial charge in [-0.05, 0) is 17.5 Å². The number of rotatable bonds is 6. The summed E-state index contributed by atoms with van der Waals surface area (Å²) in [5, 5.41) is 2.05. The molecule has 29 heavy (non-hydrogen) atoms. The highest BCUT2D eigenvalue weighted by molar-refractivity contribution is 7.89. The number of hydrogen-bond acceptors (Lipinski definition) is 5. The minimum Gasteiger partial charge on any atom is -0.496 e. The Morgan fingerprint density at radius 3 is 2.66 bits per heavy atom. The number of aromatic nitrogens is 2. The van der Waals surface area contributed by atoms with Gasteiger partial charge in [-0.25, -0.2) is 17.7 Å². The van der Waals surface area contributed by atoms with Crippen molar-refractivity contribution in [3.8, 4) is 17.1 Å². The van der Waals surface area contributed by atoms with Crippen LogP contribution in [-0.2, 0) is 14.8 Å². The summed E-state index contributed by atoms with van der Waals surface area (Å²) >= 11 is 0. The first kappa shape index (κ1) is 19.9. The first-order chi connectivity index (χ1) is 13.9. The Kier molecular flexibility index (Phi) is 5.33. The van der Waals surface area contributed by atoms with Gasteiger partial charge in [-0.15, -0.1) is 0 Å². The van der Waals surface area contributed by atoms with Gasteiger partial charge in [-0.3, -0.25) is 0 Å². The predicted molar refractivity (Wildman–Crippen MR) is 113 cm³/mol. The molecule has 7 nitrogen and oxygen atoms in total. The second-order valence-electron chi connectivity index (χ2n) is 7.44. The lowest BCUT2D eigenvalue weighted by Crippen LogP contribution is -2.32. The predicted octanol–water partition coefficient (Wildman–Crippen LogP) is 2.79. The fourth-order valence-electron chi connectivity index (χ4n) is 3.91. The molecule has 2 heterocycles. The number of fused-ring (bicyclic) bond motifs is 1. The highest BCUT2D eigenvalue weighted by Gasteiger charge is 2.35. The molecule has 0 amide bonds. The highest BCUT2D eigenvalue weighted by atomic mass is 32.2. The van der Waals surface area contributed by atoms with Gasteiger partial charge < -0.3 is 14.0 Å². The molecule has 154 valence electrons. The second kappa shape index (κ2) is 7.78. The quantitative estimate of drug-likeness (QED) is 0.619. The first-order valence-electron chi connectivity index (χ1n) is 9.49. The zero-order valence-corrected chi connectivity index (χ0v) is 17.6. The Morgan fingerprint density at radius 1 is 1.17 bits per heavy atom. The van der Waals surface area contributed by atoms with Gasteiger partial charge in [0.05, 0.1) is 32.1 Å². The molecule has 0 spiro atoms. The number of nitrogens with zero attached hydrogens (tertiary/aromatic N) is 3. The number of sulfonamides is 1. The summed E-state index contributed by atoms with van der Waals surface area (Å²) in [6, 6.07) is 11.9. The van der Waals surface area contributed by atoms with Gasteiger partial charge in [0.2, 0.25) is 10.0 Å². The molecule has 3 aromatic rings. The van der Waals surface area contributed by atoms with Crippen LogP contribution in [0.5, 0.6) is 5.75 Å². The number of hydrogen-bond donors (Lipinski definition) is 0. The third-order valence-corrected chi connectivity index (χ3v) is 7.48. The summed E-state index contributed by atoms with van der Waals surface area (Å²) in [6.45, 7) is 0.879. The Hall–Kier alpha value is -2.42. The molecule has 2 atom stereocenters. The van der Waals surface area contributed by atoms with Crippen LogP contribution < -0.4 is 4.74 Å². The third kappa shape index (κ3) is 3.63. The standard InChI is InChI=1S/C21H25N3O4S/c1-23(2)29(25,26)14-15-12-28-13-19(15)24-11-10-22-21(24)18-8-9-20(27-3)17-7-5-4-6-16(17)18/h4-11,15,19H,12-14H2,1-3H3/t15-,19-/m1/s1. The molecule has 2 aromatic carbocycles. The van der Waals surface area contributed by atoms with Gasteiger partial charge in [0, 0.05) is 43.4 Å². The van der Waals surface area contributed by atoms with E-state index in [9.17, 15) is 8.42 Å². The molecule has 0 radical (unpaired) electrons. The monoisotopic (exact) mass is 415 g/mol. The molecule has 0 bridgehead atoms. The summed E-state index contributed by atoms with van der Waals surface area (Å²) in [5.74, 6) is 1.51. The van der Waals surface area contributed by atoms with Crippen molar-refractivity contribution in [3.63, 3.8) is 0 Å². The molecule has 1 saturated heterocycles. The van der Waals surface area contributed by atoms with Crippen LogP contribution >= 0.6 is 0 Å². The topological polar surface area (TPSA) is 73.7 Å². The fourth-order valence-corrected chi connectivity index (χ4v) is 5.06. The molecule has 8 heteroatoms. The average Bonchev–Trinajstić information content (AvgIpc) is 3.35. The smallest absolute Gasteiger partial charge is 0.214 e. The molecule has 1 aliphatic rings. The van der Waals surface area contributed by atoms with E-state index in [0.717, 1.165) is 27.9 Å². The van der Waals surface area contributed by atoms with Crippen LogP contribution in [0, 0.1) is 5.92 Å². The number of ether oxygens (including phenoxy) is 2. The largest absolute Gasteiger partial charge is 0.496 e. The maximum Gasteiger partial charge on any atom is 0.214 e. The lowest BCUT2D eigenvalue weighted by molar-refractivity contribution is 0.182. The molecule has 0 unspecified atom stereocenters. The van der Waals surface area contributed by atoms with E-state index < -0.39 is 10.0 Å². The SMILES string of the molecule is COc1ccc(-c2nccn2[C@@H]2COC[C@@H]2CS(=O)(=O)N(C)C)c2ccccc12. The van der Waals surface area contributed by atoms with Crippen LogP contribution in [0.25, 0.3) is 22.2 Å². The second-order valence-corrected chi connectivity index (χ2v) is 9.67. The number of methoxy groups -OCH3 is 1. The van der Waals surface area contributed by atoms with Gasteiger partial charge in [-0.2, -0.15) is 0 Å². The van der Waals surface area contributed by atoms with Crippen molar-refractivity contribution in [3.05, 3.63) is 48.8 Å². The van der Waals surface area contributed by atoms with Crippen molar-refractivity contribution < 1.29 is 17.9 Å². The van der Waals surface area contributed by atoms with E-state index in [-0.39, 0.29) is 17.7 Å². The van der Waals surface area contributed by atoms with Gasteiger partial charge in [0.1, 0.15) is 11.6 Å². The van der Waals surface area contributed by atoms with Gasteiger partial charge in [0.25, 0.3) is 0 Å². The fraction of sp³-hybridized carbons (Fsp3) is 0.381. The van der Waals surface area contributed by atoms with Gasteiger partial charge in [-0.1, -0.05) is 24.3 Å². The van der Waals surface area contributed by atoms with E-state index in [1.54, 1.807) is 27.4 Å². The summed E-state index contributed by atoms with van der Waals surface area (Å²) < 4.78 is 39.4. The lowest BCUT2D eigenvalue weighted by atomic mass is 10.0. The molecule has 1 aromatic heterocycles. The molecule has 1 fully saturated rings. The first-order valence-corrected chi connectivity index (χ1v) is 11.1. The van der Waals surface area contributed by atoms with Crippen molar-refractivity contribution in [2.24, 2.45) is 5.92 Å². The van der Waals surface area contributed by atoms with E-state index in [4.69, 9.17) is 9.47 Å². The Labute approximate surface area is 170 Å². The van der Waals surface area contributed by atoms with Crippen molar-refractivity contribution in [2.75, 3.05) is 40.2 Å². The molecule has 0 N–H and O–H groups in total. The van der Waals surface area contributed by atoms with E-state index in [0.29, 0.717) is 13.2 Å². The van der Waals surface area contributed by atoms with Gasteiger partial charge in [0.15, 0.2) is 0 Å². The van der Waals surface area contributed by atoms with Gasteiger partial charge >= 0.3 is 0 Å². The zero-order chi connectivity index (χ0) is 20.6. The van der Waals surface area contributed by atoms with Crippen LogP contribution in [0.4, 0.5) is 0 Å². The molecule has 0 aliphatic carbocycles. The molecule has 0 saturated carbocycles. The summed E-state index contributed by atoms with van der Waals surface area (Å²) in [6.07, 6.45) is 3.66.